The molecule has 0 heterocycles. The molecule has 0 unspecified atom stereocenters. The highest BCUT2D eigenvalue weighted by molar-refractivity contribution is 5.78. The Labute approximate surface area is 108 Å². The van der Waals surface area contributed by atoms with E-state index in [1.54, 1.807) is 0 Å². The van der Waals surface area contributed by atoms with E-state index in [-0.39, 0.29) is 17.7 Å². The van der Waals surface area contributed by atoms with Gasteiger partial charge in [-0.3, -0.25) is 9.59 Å². The van der Waals surface area contributed by atoms with E-state index in [9.17, 15) is 9.59 Å². The molecule has 4 nitrogen and oxygen atoms in total. The van der Waals surface area contributed by atoms with Crippen molar-refractivity contribution in [2.45, 2.75) is 63.8 Å². The molecule has 0 saturated heterocycles. The normalized spacial score (nSPS) is 22.5. The third-order valence-electron chi connectivity index (χ3n) is 4.73. The van der Waals surface area contributed by atoms with E-state index >= 15 is 0 Å². The Balaban J connectivity index is 1.95. The molecular formula is C14H23NO3. The zero-order valence-electron chi connectivity index (χ0n) is 11.2. The number of aliphatic carboxylic acids is 1. The van der Waals surface area contributed by atoms with Gasteiger partial charge in [-0.15, -0.1) is 0 Å². The molecule has 2 aliphatic carbocycles. The van der Waals surface area contributed by atoms with E-state index in [0.717, 1.165) is 38.5 Å². The first kappa shape index (κ1) is 13.4. The Kier molecular flexibility index (Phi) is 3.93. The van der Waals surface area contributed by atoms with Gasteiger partial charge in [-0.2, -0.15) is 0 Å². The summed E-state index contributed by atoms with van der Waals surface area (Å²) in [6.45, 7) is 0. The predicted molar refractivity (Wildman–Crippen MR) is 68.2 cm³/mol. The fourth-order valence-electron chi connectivity index (χ4n) is 3.28. The van der Waals surface area contributed by atoms with Gasteiger partial charge in [0.25, 0.3) is 0 Å². The van der Waals surface area contributed by atoms with Crippen molar-refractivity contribution in [2.75, 3.05) is 7.05 Å². The summed E-state index contributed by atoms with van der Waals surface area (Å²) < 4.78 is 0. The second-order valence-electron chi connectivity index (χ2n) is 6.04. The van der Waals surface area contributed by atoms with Gasteiger partial charge in [0.05, 0.1) is 6.42 Å². The van der Waals surface area contributed by atoms with Crippen LogP contribution in [0.3, 0.4) is 0 Å². The van der Waals surface area contributed by atoms with Crippen LogP contribution < -0.4 is 0 Å². The number of rotatable bonds is 5. The van der Waals surface area contributed by atoms with E-state index < -0.39 is 5.97 Å². The van der Waals surface area contributed by atoms with Gasteiger partial charge in [-0.05, 0) is 37.5 Å². The molecule has 102 valence electrons. The van der Waals surface area contributed by atoms with Crippen LogP contribution in [-0.4, -0.2) is 35.0 Å². The molecule has 0 aromatic heterocycles. The fourth-order valence-corrected chi connectivity index (χ4v) is 3.28. The van der Waals surface area contributed by atoms with Crippen molar-refractivity contribution in [3.8, 4) is 0 Å². The summed E-state index contributed by atoms with van der Waals surface area (Å²) >= 11 is 0. The highest BCUT2D eigenvalue weighted by Gasteiger charge is 2.39. The molecule has 1 N–H and O–H groups in total. The van der Waals surface area contributed by atoms with Crippen molar-refractivity contribution in [1.82, 2.24) is 4.90 Å². The first-order valence-electron chi connectivity index (χ1n) is 7.00. The largest absolute Gasteiger partial charge is 0.481 e. The van der Waals surface area contributed by atoms with Gasteiger partial charge in [-0.1, -0.05) is 12.8 Å². The second-order valence-corrected chi connectivity index (χ2v) is 6.04. The van der Waals surface area contributed by atoms with Crippen LogP contribution in [0.25, 0.3) is 0 Å². The second kappa shape index (κ2) is 5.29. The number of hydrogen-bond donors (Lipinski definition) is 1. The van der Waals surface area contributed by atoms with Crippen LogP contribution >= 0.6 is 0 Å². The molecule has 4 heteroatoms. The Hall–Kier alpha value is -1.06. The lowest BCUT2D eigenvalue weighted by atomic mass is 9.78. The molecule has 1 amide bonds. The topological polar surface area (TPSA) is 57.6 Å². The average molecular weight is 253 g/mol. The monoisotopic (exact) mass is 253 g/mol. The Morgan fingerprint density at radius 2 is 1.78 bits per heavy atom. The minimum absolute atomic E-state index is 0.142. The van der Waals surface area contributed by atoms with Crippen LogP contribution in [0.15, 0.2) is 0 Å². The predicted octanol–water partition coefficient (Wildman–Crippen LogP) is 2.42. The van der Waals surface area contributed by atoms with Crippen LogP contribution in [0.2, 0.25) is 0 Å². The summed E-state index contributed by atoms with van der Waals surface area (Å²) in [4.78, 5) is 25.1. The number of amides is 1. The number of hydrogen-bond acceptors (Lipinski definition) is 2. The maximum atomic E-state index is 12.3. The Bertz CT molecular complexity index is 330. The zero-order valence-corrected chi connectivity index (χ0v) is 11.2. The summed E-state index contributed by atoms with van der Waals surface area (Å²) in [5.74, 6) is -0.626. The molecule has 0 spiro atoms. The molecule has 2 fully saturated rings. The van der Waals surface area contributed by atoms with E-state index in [1.165, 1.54) is 6.42 Å². The van der Waals surface area contributed by atoms with Gasteiger partial charge in [0.15, 0.2) is 0 Å². The minimum atomic E-state index is -0.768. The Morgan fingerprint density at radius 3 is 2.22 bits per heavy atom. The highest BCUT2D eigenvalue weighted by Crippen LogP contribution is 2.44. The van der Waals surface area contributed by atoms with E-state index in [2.05, 4.69) is 0 Å². The molecule has 2 saturated carbocycles. The van der Waals surface area contributed by atoms with E-state index in [0.29, 0.717) is 12.5 Å². The quantitative estimate of drug-likeness (QED) is 0.818. The molecule has 18 heavy (non-hydrogen) atoms. The SMILES string of the molecule is CN(C(=O)CC1(CC(=O)O)CCCC1)C1CCC1. The van der Waals surface area contributed by atoms with Crippen LogP contribution in [-0.2, 0) is 9.59 Å². The van der Waals surface area contributed by atoms with Crippen LogP contribution in [0.1, 0.15) is 57.8 Å². The van der Waals surface area contributed by atoms with Crippen molar-refractivity contribution in [2.24, 2.45) is 5.41 Å². The maximum Gasteiger partial charge on any atom is 0.303 e. The summed E-state index contributed by atoms with van der Waals surface area (Å²) in [7, 11) is 1.87. The lowest BCUT2D eigenvalue weighted by Crippen LogP contribution is -2.43. The Morgan fingerprint density at radius 1 is 1.17 bits per heavy atom. The first-order chi connectivity index (χ1) is 8.52. The number of carbonyl (C=O) groups is 2. The smallest absolute Gasteiger partial charge is 0.303 e. The third kappa shape index (κ3) is 2.85. The summed E-state index contributed by atoms with van der Waals surface area (Å²) in [6, 6.07) is 0.404. The van der Waals surface area contributed by atoms with Gasteiger partial charge in [0.1, 0.15) is 0 Å². The summed E-state index contributed by atoms with van der Waals surface area (Å²) in [5, 5.41) is 9.03. The molecular weight excluding hydrogens is 230 g/mol. The number of nitrogens with zero attached hydrogens (tertiary/aromatic N) is 1. The van der Waals surface area contributed by atoms with Gasteiger partial charge in [0, 0.05) is 19.5 Å². The van der Waals surface area contributed by atoms with Crippen molar-refractivity contribution < 1.29 is 14.7 Å². The molecule has 0 atom stereocenters. The van der Waals surface area contributed by atoms with Crippen molar-refractivity contribution in [3.63, 3.8) is 0 Å². The minimum Gasteiger partial charge on any atom is -0.481 e. The summed E-state index contributed by atoms with van der Waals surface area (Å²) in [5.41, 5.74) is -0.263. The van der Waals surface area contributed by atoms with E-state index in [1.807, 2.05) is 11.9 Å². The highest BCUT2D eigenvalue weighted by atomic mass is 16.4. The van der Waals surface area contributed by atoms with Gasteiger partial charge in [-0.25, -0.2) is 0 Å². The standard InChI is InChI=1S/C14H23NO3/c1-15(11-5-4-6-11)12(16)9-14(10-13(17)18)7-2-3-8-14/h11H,2-10H2,1H3,(H,17,18). The van der Waals surface area contributed by atoms with Gasteiger partial charge < -0.3 is 10.0 Å². The molecule has 0 radical (unpaired) electrons. The van der Waals surface area contributed by atoms with Crippen molar-refractivity contribution in [3.05, 3.63) is 0 Å². The van der Waals surface area contributed by atoms with Crippen LogP contribution in [0, 0.1) is 5.41 Å². The molecule has 0 aliphatic heterocycles. The maximum absolute atomic E-state index is 12.3. The summed E-state index contributed by atoms with van der Waals surface area (Å²) in [6.07, 6.45) is 7.91. The molecule has 2 aliphatic rings. The van der Waals surface area contributed by atoms with Crippen LogP contribution in [0.4, 0.5) is 0 Å². The average Bonchev–Trinajstić information content (AvgIpc) is 2.62. The zero-order chi connectivity index (χ0) is 13.2. The number of carbonyl (C=O) groups excluding carboxylic acids is 1. The van der Waals surface area contributed by atoms with Crippen molar-refractivity contribution >= 4 is 11.9 Å². The van der Waals surface area contributed by atoms with Crippen LogP contribution in [0.5, 0.6) is 0 Å². The van der Waals surface area contributed by atoms with Crippen molar-refractivity contribution in [1.29, 1.82) is 0 Å². The lowest BCUT2D eigenvalue weighted by Gasteiger charge is -2.37. The first-order valence-corrected chi connectivity index (χ1v) is 7.00. The third-order valence-corrected chi connectivity index (χ3v) is 4.73. The molecule has 0 aromatic carbocycles. The molecule has 0 aromatic rings. The number of carboxylic acids is 1. The lowest BCUT2D eigenvalue weighted by molar-refractivity contribution is -0.142. The molecule has 2 rings (SSSR count). The molecule has 0 bridgehead atoms. The number of carboxylic acid groups (broad SMARTS) is 1. The van der Waals surface area contributed by atoms with E-state index in [4.69, 9.17) is 5.11 Å². The van der Waals surface area contributed by atoms with Gasteiger partial charge in [0.2, 0.25) is 5.91 Å². The fraction of sp³-hybridized carbons (Fsp3) is 0.857. The van der Waals surface area contributed by atoms with Gasteiger partial charge >= 0.3 is 5.97 Å².